The minimum Gasteiger partial charge on any atom is -0.394 e. The minimum atomic E-state index is -1.11. The molecule has 1 fully saturated rings. The van der Waals surface area contributed by atoms with Gasteiger partial charge in [-0.05, 0) is 0 Å². The van der Waals surface area contributed by atoms with E-state index in [0.717, 1.165) is 5.56 Å². The average molecular weight is 240 g/mol. The van der Waals surface area contributed by atoms with Crippen LogP contribution in [-0.2, 0) is 9.47 Å². The minimum absolute atomic E-state index is 0.0707. The molecule has 1 aromatic rings. The molecule has 0 amide bonds. The normalized spacial score (nSPS) is 31.1. The van der Waals surface area contributed by atoms with Crippen molar-refractivity contribution in [1.29, 1.82) is 0 Å². The maximum Gasteiger partial charge on any atom is 0.184 e. The summed E-state index contributed by atoms with van der Waals surface area (Å²) in [5.41, 5.74) is 0.814. The highest BCUT2D eigenvalue weighted by Gasteiger charge is 2.35. The van der Waals surface area contributed by atoms with Gasteiger partial charge in [0.25, 0.3) is 0 Å². The first-order valence-electron chi connectivity index (χ1n) is 5.51. The van der Waals surface area contributed by atoms with E-state index >= 15 is 0 Å². The third-order valence-electron chi connectivity index (χ3n) is 2.72. The molecule has 3 N–H and O–H groups in total. The van der Waals surface area contributed by atoms with E-state index in [1.54, 1.807) is 0 Å². The Morgan fingerprint density at radius 1 is 1.29 bits per heavy atom. The monoisotopic (exact) mass is 240 g/mol. The van der Waals surface area contributed by atoms with Crippen LogP contribution in [0.4, 0.5) is 0 Å². The van der Waals surface area contributed by atoms with Crippen LogP contribution in [-0.4, -0.2) is 46.8 Å². The zero-order valence-corrected chi connectivity index (χ0v) is 9.27. The quantitative estimate of drug-likeness (QED) is 0.682. The van der Waals surface area contributed by atoms with Gasteiger partial charge in [0.1, 0.15) is 18.3 Å². The Kier molecular flexibility index (Phi) is 4.09. The molecule has 1 aliphatic heterocycles. The Morgan fingerprint density at radius 2 is 2.00 bits per heavy atom. The summed E-state index contributed by atoms with van der Waals surface area (Å²) < 4.78 is 10.8. The summed E-state index contributed by atoms with van der Waals surface area (Å²) in [5.74, 6) is 0. The van der Waals surface area contributed by atoms with Gasteiger partial charge in [-0.2, -0.15) is 0 Å². The van der Waals surface area contributed by atoms with E-state index in [4.69, 9.17) is 14.6 Å². The Hall–Kier alpha value is -0.980. The maximum absolute atomic E-state index is 9.61. The second kappa shape index (κ2) is 5.57. The first-order chi connectivity index (χ1) is 8.22. The zero-order chi connectivity index (χ0) is 12.3. The van der Waals surface area contributed by atoms with Gasteiger partial charge in [0.15, 0.2) is 6.29 Å². The van der Waals surface area contributed by atoms with Gasteiger partial charge in [-0.3, -0.25) is 0 Å². The smallest absolute Gasteiger partial charge is 0.184 e. The largest absolute Gasteiger partial charge is 0.394 e. The fraction of sp³-hybridized carbons (Fsp3) is 0.500. The van der Waals surface area contributed by atoms with Crippen LogP contribution in [0.5, 0.6) is 0 Å². The van der Waals surface area contributed by atoms with E-state index in [1.807, 2.05) is 30.3 Å². The molecule has 0 aromatic heterocycles. The van der Waals surface area contributed by atoms with E-state index in [1.165, 1.54) is 0 Å². The summed E-state index contributed by atoms with van der Waals surface area (Å²) in [5, 5.41) is 28.0. The Morgan fingerprint density at radius 3 is 2.65 bits per heavy atom. The van der Waals surface area contributed by atoms with Crippen LogP contribution >= 0.6 is 0 Å². The second-order valence-corrected chi connectivity index (χ2v) is 3.99. The predicted octanol–water partition coefficient (Wildman–Crippen LogP) is -0.185. The van der Waals surface area contributed by atoms with Crippen LogP contribution in [0.1, 0.15) is 11.9 Å². The molecule has 0 aliphatic carbocycles. The molecule has 0 spiro atoms. The molecular formula is C12H16O5. The SMILES string of the molecule is OCC(O)C1OC(c2ccccc2)OCC1O. The van der Waals surface area contributed by atoms with E-state index in [2.05, 4.69) is 0 Å². The lowest BCUT2D eigenvalue weighted by Gasteiger charge is -2.36. The third-order valence-corrected chi connectivity index (χ3v) is 2.72. The number of hydrogen-bond donors (Lipinski definition) is 3. The third kappa shape index (κ3) is 2.83. The summed E-state index contributed by atoms with van der Waals surface area (Å²) in [4.78, 5) is 0. The van der Waals surface area contributed by atoms with Crippen molar-refractivity contribution in [2.75, 3.05) is 13.2 Å². The van der Waals surface area contributed by atoms with Crippen LogP contribution in [0.3, 0.4) is 0 Å². The van der Waals surface area contributed by atoms with Crippen molar-refractivity contribution in [2.45, 2.75) is 24.6 Å². The van der Waals surface area contributed by atoms with Gasteiger partial charge in [0.2, 0.25) is 0 Å². The number of aliphatic hydroxyl groups is 3. The molecule has 4 atom stereocenters. The summed E-state index contributed by atoms with van der Waals surface area (Å²) in [6, 6.07) is 9.26. The average Bonchev–Trinajstić information content (AvgIpc) is 2.39. The second-order valence-electron chi connectivity index (χ2n) is 3.99. The van der Waals surface area contributed by atoms with Gasteiger partial charge in [-0.15, -0.1) is 0 Å². The van der Waals surface area contributed by atoms with E-state index in [9.17, 15) is 10.2 Å². The number of aliphatic hydroxyl groups excluding tert-OH is 3. The first-order valence-corrected chi connectivity index (χ1v) is 5.51. The number of hydrogen-bond acceptors (Lipinski definition) is 5. The summed E-state index contributed by atoms with van der Waals surface area (Å²) in [6.45, 7) is -0.384. The van der Waals surface area contributed by atoms with Gasteiger partial charge < -0.3 is 24.8 Å². The molecule has 4 unspecified atom stereocenters. The lowest BCUT2D eigenvalue weighted by Crippen LogP contribution is -2.48. The van der Waals surface area contributed by atoms with Crippen molar-refractivity contribution in [3.8, 4) is 0 Å². The van der Waals surface area contributed by atoms with E-state index < -0.39 is 31.2 Å². The highest BCUT2D eigenvalue weighted by molar-refractivity contribution is 5.16. The Labute approximate surface area is 99.2 Å². The lowest BCUT2D eigenvalue weighted by atomic mass is 10.1. The Balaban J connectivity index is 2.08. The molecule has 1 saturated heterocycles. The summed E-state index contributed by atoms with van der Waals surface area (Å²) in [7, 11) is 0. The first kappa shape index (κ1) is 12.5. The lowest BCUT2D eigenvalue weighted by molar-refractivity contribution is -0.277. The maximum atomic E-state index is 9.61. The fourth-order valence-electron chi connectivity index (χ4n) is 1.79. The molecule has 17 heavy (non-hydrogen) atoms. The molecule has 94 valence electrons. The van der Waals surface area contributed by atoms with Crippen molar-refractivity contribution in [1.82, 2.24) is 0 Å². The predicted molar refractivity (Wildman–Crippen MR) is 59.1 cm³/mol. The van der Waals surface area contributed by atoms with E-state index in [-0.39, 0.29) is 6.61 Å². The van der Waals surface area contributed by atoms with Crippen LogP contribution in [0.25, 0.3) is 0 Å². The van der Waals surface area contributed by atoms with Gasteiger partial charge in [0.05, 0.1) is 13.2 Å². The zero-order valence-electron chi connectivity index (χ0n) is 9.27. The molecule has 5 nitrogen and oxygen atoms in total. The van der Waals surface area contributed by atoms with Crippen molar-refractivity contribution in [3.63, 3.8) is 0 Å². The van der Waals surface area contributed by atoms with Crippen LogP contribution < -0.4 is 0 Å². The van der Waals surface area contributed by atoms with Gasteiger partial charge in [0, 0.05) is 5.56 Å². The number of benzene rings is 1. The molecule has 2 rings (SSSR count). The Bertz CT molecular complexity index is 338. The molecule has 0 radical (unpaired) electrons. The molecule has 5 heteroatoms. The number of ether oxygens (including phenoxy) is 2. The van der Waals surface area contributed by atoms with Crippen LogP contribution in [0.15, 0.2) is 30.3 Å². The summed E-state index contributed by atoms with van der Waals surface area (Å²) in [6.07, 6.45) is -3.50. The van der Waals surface area contributed by atoms with Crippen molar-refractivity contribution < 1.29 is 24.8 Å². The molecular weight excluding hydrogens is 224 g/mol. The van der Waals surface area contributed by atoms with Crippen LogP contribution in [0.2, 0.25) is 0 Å². The van der Waals surface area contributed by atoms with Gasteiger partial charge in [-0.25, -0.2) is 0 Å². The molecule has 1 heterocycles. The van der Waals surface area contributed by atoms with E-state index in [0.29, 0.717) is 0 Å². The molecule has 1 aromatic carbocycles. The summed E-state index contributed by atoms with van der Waals surface area (Å²) >= 11 is 0. The van der Waals surface area contributed by atoms with Crippen molar-refractivity contribution in [2.24, 2.45) is 0 Å². The van der Waals surface area contributed by atoms with Crippen LogP contribution in [0, 0.1) is 0 Å². The van der Waals surface area contributed by atoms with Crippen molar-refractivity contribution in [3.05, 3.63) is 35.9 Å². The molecule has 1 aliphatic rings. The standard InChI is InChI=1S/C12H16O5/c13-6-9(14)11-10(15)7-16-12(17-11)8-4-2-1-3-5-8/h1-5,9-15H,6-7H2. The molecule has 0 bridgehead atoms. The molecule has 0 saturated carbocycles. The highest BCUT2D eigenvalue weighted by atomic mass is 16.7. The topological polar surface area (TPSA) is 79.2 Å². The number of rotatable bonds is 3. The van der Waals surface area contributed by atoms with Crippen molar-refractivity contribution >= 4 is 0 Å². The van der Waals surface area contributed by atoms with Gasteiger partial charge >= 0.3 is 0 Å². The fourth-order valence-corrected chi connectivity index (χ4v) is 1.79. The van der Waals surface area contributed by atoms with Gasteiger partial charge in [-0.1, -0.05) is 30.3 Å². The highest BCUT2D eigenvalue weighted by Crippen LogP contribution is 2.27.